The second kappa shape index (κ2) is 9.13. The zero-order valence-electron chi connectivity index (χ0n) is 17.0. The van der Waals surface area contributed by atoms with Crippen LogP contribution in [0.25, 0.3) is 0 Å². The van der Waals surface area contributed by atoms with Crippen molar-refractivity contribution in [3.63, 3.8) is 0 Å². The summed E-state index contributed by atoms with van der Waals surface area (Å²) >= 11 is 0. The van der Waals surface area contributed by atoms with Crippen LogP contribution in [0.2, 0.25) is 0 Å². The van der Waals surface area contributed by atoms with Crippen molar-refractivity contribution in [2.45, 2.75) is 19.8 Å². The molecule has 2 aliphatic rings. The Labute approximate surface area is 175 Å². The van der Waals surface area contributed by atoms with E-state index in [0.29, 0.717) is 60.8 Å². The first-order valence-electron chi connectivity index (χ1n) is 10.3. The summed E-state index contributed by atoms with van der Waals surface area (Å²) < 4.78 is 11.0. The molecule has 1 aromatic heterocycles. The van der Waals surface area contributed by atoms with Crippen molar-refractivity contribution in [1.82, 2.24) is 4.98 Å². The Kier molecular flexibility index (Phi) is 6.13. The lowest BCUT2D eigenvalue weighted by molar-refractivity contribution is -0.117. The molecule has 8 nitrogen and oxygen atoms in total. The number of anilines is 3. The summed E-state index contributed by atoms with van der Waals surface area (Å²) in [5.41, 5.74) is 1.61. The summed E-state index contributed by atoms with van der Waals surface area (Å²) in [5, 5.41) is 5.91. The number of fused-ring (bicyclic) bond motifs is 1. The summed E-state index contributed by atoms with van der Waals surface area (Å²) in [7, 11) is 0. The highest BCUT2D eigenvalue weighted by molar-refractivity contribution is 6.08. The number of nitrogens with zero attached hydrogens (tertiary/aromatic N) is 2. The van der Waals surface area contributed by atoms with Gasteiger partial charge < -0.3 is 25.0 Å². The second-order valence-electron chi connectivity index (χ2n) is 7.39. The summed E-state index contributed by atoms with van der Waals surface area (Å²) in [6, 6.07) is 8.98. The van der Waals surface area contributed by atoms with Crippen LogP contribution >= 0.6 is 0 Å². The lowest BCUT2D eigenvalue weighted by Gasteiger charge is -2.29. The Morgan fingerprint density at radius 1 is 1.30 bits per heavy atom. The SMILES string of the molecule is CCOCCOc1ccccc1NC(=O)c1cnc2c(c1)N(CC1CC1)C(=O)CN2. The number of amides is 2. The minimum Gasteiger partial charge on any atom is -0.489 e. The van der Waals surface area contributed by atoms with E-state index in [4.69, 9.17) is 9.47 Å². The van der Waals surface area contributed by atoms with Crippen molar-refractivity contribution in [2.24, 2.45) is 5.92 Å². The number of carbonyl (C=O) groups excluding carboxylic acids is 2. The first kappa shape index (κ1) is 20.2. The molecule has 158 valence electrons. The van der Waals surface area contributed by atoms with Crippen LogP contribution in [-0.4, -0.2) is 49.7 Å². The predicted octanol–water partition coefficient (Wildman–Crippen LogP) is 2.92. The maximum absolute atomic E-state index is 12.9. The molecule has 0 unspecified atom stereocenters. The average Bonchev–Trinajstić information content (AvgIpc) is 3.58. The van der Waals surface area contributed by atoms with E-state index in [1.54, 1.807) is 23.1 Å². The monoisotopic (exact) mass is 410 g/mol. The quantitative estimate of drug-likeness (QED) is 0.618. The Balaban J connectivity index is 1.49. The van der Waals surface area contributed by atoms with Gasteiger partial charge in [0, 0.05) is 19.3 Å². The van der Waals surface area contributed by atoms with Crippen LogP contribution in [-0.2, 0) is 9.53 Å². The van der Waals surface area contributed by atoms with Crippen molar-refractivity contribution in [2.75, 3.05) is 48.4 Å². The third-order valence-corrected chi connectivity index (χ3v) is 5.09. The molecule has 0 atom stereocenters. The molecule has 2 heterocycles. The van der Waals surface area contributed by atoms with Gasteiger partial charge in [-0.25, -0.2) is 4.98 Å². The molecule has 0 saturated heterocycles. The predicted molar refractivity (Wildman–Crippen MR) is 114 cm³/mol. The van der Waals surface area contributed by atoms with Crippen molar-refractivity contribution in [1.29, 1.82) is 0 Å². The molecule has 1 aromatic carbocycles. The smallest absolute Gasteiger partial charge is 0.257 e. The Bertz CT molecular complexity index is 929. The lowest BCUT2D eigenvalue weighted by Crippen LogP contribution is -2.41. The highest BCUT2D eigenvalue weighted by Crippen LogP contribution is 2.35. The van der Waals surface area contributed by atoms with E-state index in [1.807, 2.05) is 19.1 Å². The van der Waals surface area contributed by atoms with Crippen LogP contribution in [0.4, 0.5) is 17.2 Å². The van der Waals surface area contributed by atoms with Crippen LogP contribution in [0.3, 0.4) is 0 Å². The molecule has 1 saturated carbocycles. The number of rotatable bonds is 9. The molecule has 30 heavy (non-hydrogen) atoms. The summed E-state index contributed by atoms with van der Waals surface area (Å²) in [6.07, 6.45) is 3.80. The molecule has 1 fully saturated rings. The lowest BCUT2D eigenvalue weighted by atomic mass is 10.1. The number of ether oxygens (including phenoxy) is 2. The largest absolute Gasteiger partial charge is 0.489 e. The van der Waals surface area contributed by atoms with Gasteiger partial charge in [0.2, 0.25) is 5.91 Å². The van der Waals surface area contributed by atoms with Gasteiger partial charge in [-0.2, -0.15) is 0 Å². The van der Waals surface area contributed by atoms with Gasteiger partial charge in [-0.3, -0.25) is 9.59 Å². The highest BCUT2D eigenvalue weighted by Gasteiger charge is 2.32. The number of pyridine rings is 1. The molecule has 8 heteroatoms. The Hall–Kier alpha value is -3.13. The number of hydrogen-bond acceptors (Lipinski definition) is 6. The van der Waals surface area contributed by atoms with E-state index in [9.17, 15) is 9.59 Å². The van der Waals surface area contributed by atoms with Gasteiger partial charge in [-0.1, -0.05) is 12.1 Å². The first-order chi connectivity index (χ1) is 14.7. The first-order valence-corrected chi connectivity index (χ1v) is 10.3. The van der Waals surface area contributed by atoms with Crippen LogP contribution in [0.1, 0.15) is 30.1 Å². The molecule has 2 aromatic rings. The average molecular weight is 410 g/mol. The van der Waals surface area contributed by atoms with Crippen LogP contribution in [0, 0.1) is 5.92 Å². The fourth-order valence-electron chi connectivity index (χ4n) is 3.31. The fourth-order valence-corrected chi connectivity index (χ4v) is 3.31. The Morgan fingerprint density at radius 3 is 2.93 bits per heavy atom. The van der Waals surface area contributed by atoms with E-state index in [-0.39, 0.29) is 18.4 Å². The van der Waals surface area contributed by atoms with Crippen LogP contribution in [0.15, 0.2) is 36.5 Å². The molecule has 2 amide bonds. The fraction of sp³-hybridized carbons (Fsp3) is 0.409. The standard InChI is InChI=1S/C22H26N4O4/c1-2-29-9-10-30-19-6-4-3-5-17(19)25-22(28)16-11-18-21(23-12-16)24-13-20(27)26(18)14-15-7-8-15/h3-6,11-12,15H,2,7-10,13-14H2,1H3,(H,23,24)(H,25,28). The molecule has 4 rings (SSSR count). The third-order valence-electron chi connectivity index (χ3n) is 5.09. The minimum atomic E-state index is -0.310. The van der Waals surface area contributed by atoms with Gasteiger partial charge in [-0.15, -0.1) is 0 Å². The van der Waals surface area contributed by atoms with Gasteiger partial charge in [0.1, 0.15) is 18.2 Å². The number of para-hydroxylation sites is 2. The maximum Gasteiger partial charge on any atom is 0.257 e. The molecule has 1 aliphatic carbocycles. The van der Waals surface area contributed by atoms with E-state index in [0.717, 1.165) is 12.8 Å². The zero-order chi connectivity index (χ0) is 20.9. The van der Waals surface area contributed by atoms with Gasteiger partial charge in [-0.05, 0) is 43.9 Å². The second-order valence-corrected chi connectivity index (χ2v) is 7.39. The van der Waals surface area contributed by atoms with Crippen molar-refractivity contribution in [3.8, 4) is 5.75 Å². The number of aromatic nitrogens is 1. The van der Waals surface area contributed by atoms with E-state index in [1.165, 1.54) is 6.20 Å². The van der Waals surface area contributed by atoms with E-state index < -0.39 is 0 Å². The highest BCUT2D eigenvalue weighted by atomic mass is 16.5. The summed E-state index contributed by atoms with van der Waals surface area (Å²) in [6.45, 7) is 4.33. The van der Waals surface area contributed by atoms with E-state index in [2.05, 4.69) is 15.6 Å². The van der Waals surface area contributed by atoms with Gasteiger partial charge >= 0.3 is 0 Å². The number of hydrogen-bond donors (Lipinski definition) is 2. The zero-order valence-corrected chi connectivity index (χ0v) is 17.0. The van der Waals surface area contributed by atoms with Crippen molar-refractivity contribution < 1.29 is 19.1 Å². The third kappa shape index (κ3) is 4.71. The molecule has 0 spiro atoms. The topological polar surface area (TPSA) is 92.8 Å². The molecule has 2 N–H and O–H groups in total. The summed E-state index contributed by atoms with van der Waals surface area (Å²) in [5.74, 6) is 1.44. The maximum atomic E-state index is 12.9. The number of nitrogens with one attached hydrogen (secondary N) is 2. The van der Waals surface area contributed by atoms with Crippen LogP contribution in [0.5, 0.6) is 5.75 Å². The molecule has 1 aliphatic heterocycles. The molecule has 0 bridgehead atoms. The number of benzene rings is 1. The summed E-state index contributed by atoms with van der Waals surface area (Å²) in [4.78, 5) is 31.4. The molecular formula is C22H26N4O4. The number of carbonyl (C=O) groups is 2. The van der Waals surface area contributed by atoms with Crippen molar-refractivity contribution >= 4 is 29.0 Å². The Morgan fingerprint density at radius 2 is 2.13 bits per heavy atom. The van der Waals surface area contributed by atoms with Gasteiger partial charge in [0.25, 0.3) is 5.91 Å². The van der Waals surface area contributed by atoms with Crippen molar-refractivity contribution in [3.05, 3.63) is 42.1 Å². The van der Waals surface area contributed by atoms with E-state index >= 15 is 0 Å². The van der Waals surface area contributed by atoms with Crippen LogP contribution < -0.4 is 20.3 Å². The van der Waals surface area contributed by atoms with Gasteiger partial charge in [0.05, 0.1) is 30.1 Å². The normalized spacial score (nSPS) is 15.4. The molecule has 0 radical (unpaired) electrons. The minimum absolute atomic E-state index is 0.00167. The molecular weight excluding hydrogens is 384 g/mol. The van der Waals surface area contributed by atoms with Gasteiger partial charge in [0.15, 0.2) is 0 Å².